The first-order chi connectivity index (χ1) is 13.0. The first-order valence-electron chi connectivity index (χ1n) is 8.36. The van der Waals surface area contributed by atoms with Crippen molar-refractivity contribution >= 4 is 38.9 Å². The lowest BCUT2D eigenvalue weighted by Gasteiger charge is -2.08. The molecule has 0 fully saturated rings. The van der Waals surface area contributed by atoms with Crippen LogP contribution in [0, 0.1) is 13.8 Å². The first-order valence-corrected chi connectivity index (χ1v) is 9.16. The second kappa shape index (κ2) is 6.96. The molecule has 0 aliphatic carbocycles. The van der Waals surface area contributed by atoms with Crippen LogP contribution >= 0.6 is 15.9 Å². The smallest absolute Gasteiger partial charge is 0.228 e. The van der Waals surface area contributed by atoms with Crippen molar-refractivity contribution in [3.63, 3.8) is 0 Å². The minimum absolute atomic E-state index is 0.184. The highest BCUT2D eigenvalue weighted by Gasteiger charge is 2.10. The molecule has 0 bridgehead atoms. The van der Waals surface area contributed by atoms with Crippen molar-refractivity contribution in [2.45, 2.75) is 13.8 Å². The molecule has 27 heavy (non-hydrogen) atoms. The van der Waals surface area contributed by atoms with E-state index >= 15 is 0 Å². The molecule has 0 aliphatic heterocycles. The maximum atomic E-state index is 10.3. The van der Waals surface area contributed by atoms with Crippen LogP contribution in [0.2, 0.25) is 0 Å². The Kier molecular flexibility index (Phi) is 4.49. The third kappa shape index (κ3) is 3.36. The Labute approximate surface area is 164 Å². The molecule has 4 aromatic rings. The van der Waals surface area contributed by atoms with E-state index in [1.807, 2.05) is 50.2 Å². The van der Waals surface area contributed by atoms with Crippen molar-refractivity contribution in [1.29, 1.82) is 0 Å². The van der Waals surface area contributed by atoms with Crippen LogP contribution in [-0.2, 0) is 0 Å². The number of nitrogens with zero attached hydrogens (tertiary/aromatic N) is 3. The monoisotopic (exact) mass is 421 g/mol. The van der Waals surface area contributed by atoms with Crippen molar-refractivity contribution in [2.75, 3.05) is 0 Å². The van der Waals surface area contributed by atoms with Gasteiger partial charge in [-0.2, -0.15) is 0 Å². The highest BCUT2D eigenvalue weighted by Crippen LogP contribution is 2.33. The predicted octanol–water partition coefficient (Wildman–Crippen LogP) is 5.73. The molecule has 6 heteroatoms. The summed E-state index contributed by atoms with van der Waals surface area (Å²) < 4.78 is 6.48. The highest BCUT2D eigenvalue weighted by molar-refractivity contribution is 9.10. The normalized spacial score (nSPS) is 11.5. The van der Waals surface area contributed by atoms with E-state index in [1.54, 1.807) is 18.6 Å². The number of rotatable bonds is 3. The number of aliphatic imine (C=N–C) groups is 1. The second-order valence-electron chi connectivity index (χ2n) is 6.24. The molecular weight excluding hydrogens is 406 g/mol. The zero-order valence-electron chi connectivity index (χ0n) is 14.8. The standard InChI is InChI=1S/C21H16BrN3O2/c1-12-8-15(20(26)19(22)13(12)2)11-24-16-5-6-18-17(9-16)25-21(27-18)14-4-3-7-23-10-14/h3-11,26H,1-2H3. The molecule has 0 radical (unpaired) electrons. The number of hydrogen-bond donors (Lipinski definition) is 1. The van der Waals surface area contributed by atoms with Gasteiger partial charge in [0.2, 0.25) is 5.89 Å². The minimum Gasteiger partial charge on any atom is -0.506 e. The number of benzene rings is 2. The molecule has 0 aliphatic rings. The van der Waals surface area contributed by atoms with E-state index in [1.165, 1.54) is 0 Å². The van der Waals surface area contributed by atoms with Crippen LogP contribution in [0.1, 0.15) is 16.7 Å². The zero-order valence-corrected chi connectivity index (χ0v) is 16.4. The fourth-order valence-corrected chi connectivity index (χ4v) is 3.28. The summed E-state index contributed by atoms with van der Waals surface area (Å²) in [5.41, 5.74) is 5.69. The number of aromatic hydroxyl groups is 1. The van der Waals surface area contributed by atoms with Gasteiger partial charge >= 0.3 is 0 Å². The number of fused-ring (bicyclic) bond motifs is 1. The number of phenols is 1. The van der Waals surface area contributed by atoms with Crippen LogP contribution in [0.3, 0.4) is 0 Å². The molecule has 1 N–H and O–H groups in total. The number of halogens is 1. The van der Waals surface area contributed by atoms with Gasteiger partial charge in [-0.15, -0.1) is 0 Å². The quantitative estimate of drug-likeness (QED) is 0.429. The Balaban J connectivity index is 1.68. The summed E-state index contributed by atoms with van der Waals surface area (Å²) in [4.78, 5) is 13.1. The minimum atomic E-state index is 0.184. The van der Waals surface area contributed by atoms with Gasteiger partial charge in [0.05, 0.1) is 15.7 Å². The molecule has 5 nitrogen and oxygen atoms in total. The van der Waals surface area contributed by atoms with Crippen molar-refractivity contribution in [2.24, 2.45) is 4.99 Å². The van der Waals surface area contributed by atoms with Crippen molar-refractivity contribution in [3.8, 4) is 17.2 Å². The summed E-state index contributed by atoms with van der Waals surface area (Å²) in [6.07, 6.45) is 5.07. The van der Waals surface area contributed by atoms with E-state index in [-0.39, 0.29) is 5.75 Å². The van der Waals surface area contributed by atoms with E-state index in [2.05, 4.69) is 30.9 Å². The van der Waals surface area contributed by atoms with Crippen LogP contribution in [0.15, 0.2) is 62.7 Å². The fraction of sp³-hybridized carbons (Fsp3) is 0.0952. The zero-order chi connectivity index (χ0) is 19.0. The number of pyridine rings is 1. The van der Waals surface area contributed by atoms with Gasteiger partial charge in [-0.25, -0.2) is 4.98 Å². The average Bonchev–Trinajstić information content (AvgIpc) is 3.12. The highest BCUT2D eigenvalue weighted by atomic mass is 79.9. The Bertz CT molecular complexity index is 1170. The van der Waals surface area contributed by atoms with Gasteiger partial charge < -0.3 is 9.52 Å². The van der Waals surface area contributed by atoms with E-state index in [9.17, 15) is 5.11 Å². The SMILES string of the molecule is Cc1cc(C=Nc2ccc3oc(-c4cccnc4)nc3c2)c(O)c(Br)c1C. The second-order valence-corrected chi connectivity index (χ2v) is 7.03. The number of phenolic OH excluding ortho intramolecular Hbond substituents is 1. The Morgan fingerprint density at radius 2 is 2.04 bits per heavy atom. The van der Waals surface area contributed by atoms with Gasteiger partial charge in [-0.3, -0.25) is 9.98 Å². The Morgan fingerprint density at radius 3 is 2.81 bits per heavy atom. The molecule has 4 rings (SSSR count). The van der Waals surface area contributed by atoms with Gasteiger partial charge in [0.15, 0.2) is 5.58 Å². The largest absolute Gasteiger partial charge is 0.506 e. The molecule has 2 heterocycles. The summed E-state index contributed by atoms with van der Waals surface area (Å²) >= 11 is 3.43. The number of oxazole rings is 1. The number of aromatic nitrogens is 2. The molecule has 0 saturated heterocycles. The molecular formula is C21H16BrN3O2. The molecule has 2 aromatic heterocycles. The van der Waals surface area contributed by atoms with Crippen LogP contribution < -0.4 is 0 Å². The van der Waals surface area contributed by atoms with E-state index in [0.29, 0.717) is 27.0 Å². The van der Waals surface area contributed by atoms with E-state index < -0.39 is 0 Å². The Hall–Kier alpha value is -2.99. The van der Waals surface area contributed by atoms with Gasteiger partial charge in [0.25, 0.3) is 0 Å². The fourth-order valence-electron chi connectivity index (χ4n) is 2.74. The van der Waals surface area contributed by atoms with Crippen LogP contribution in [0.5, 0.6) is 5.75 Å². The third-order valence-electron chi connectivity index (χ3n) is 4.41. The summed E-state index contributed by atoms with van der Waals surface area (Å²) in [7, 11) is 0. The van der Waals surface area contributed by atoms with Gasteiger partial charge in [0.1, 0.15) is 11.3 Å². The maximum Gasteiger partial charge on any atom is 0.228 e. The third-order valence-corrected chi connectivity index (χ3v) is 5.38. The molecule has 0 unspecified atom stereocenters. The lowest BCUT2D eigenvalue weighted by molar-refractivity contribution is 0.470. The first kappa shape index (κ1) is 17.4. The number of hydrogen-bond acceptors (Lipinski definition) is 5. The van der Waals surface area contributed by atoms with E-state index in [4.69, 9.17) is 4.42 Å². The number of aryl methyl sites for hydroxylation is 1. The summed E-state index contributed by atoms with van der Waals surface area (Å²) in [6.45, 7) is 3.96. The molecule has 0 atom stereocenters. The van der Waals surface area contributed by atoms with Gasteiger partial charge in [0, 0.05) is 24.2 Å². The molecule has 0 amide bonds. The summed E-state index contributed by atoms with van der Waals surface area (Å²) in [5, 5.41) is 10.3. The van der Waals surface area contributed by atoms with Crippen LogP contribution in [0.25, 0.3) is 22.6 Å². The lowest BCUT2D eigenvalue weighted by Crippen LogP contribution is -1.90. The van der Waals surface area contributed by atoms with Crippen LogP contribution in [-0.4, -0.2) is 21.3 Å². The van der Waals surface area contributed by atoms with Crippen molar-refractivity contribution in [3.05, 3.63) is 70.0 Å². The summed E-state index contributed by atoms with van der Waals surface area (Å²) in [6, 6.07) is 11.2. The molecule has 2 aromatic carbocycles. The molecule has 0 saturated carbocycles. The van der Waals surface area contributed by atoms with Crippen LogP contribution in [0.4, 0.5) is 5.69 Å². The van der Waals surface area contributed by atoms with Crippen molar-refractivity contribution < 1.29 is 9.52 Å². The molecule has 0 spiro atoms. The van der Waals surface area contributed by atoms with Gasteiger partial charge in [-0.05, 0) is 77.3 Å². The lowest BCUT2D eigenvalue weighted by atomic mass is 10.1. The van der Waals surface area contributed by atoms with Crippen molar-refractivity contribution in [1.82, 2.24) is 9.97 Å². The summed E-state index contributed by atoms with van der Waals surface area (Å²) in [5.74, 6) is 0.707. The molecule has 134 valence electrons. The topological polar surface area (TPSA) is 71.5 Å². The maximum absolute atomic E-state index is 10.3. The Morgan fingerprint density at radius 1 is 1.19 bits per heavy atom. The predicted molar refractivity (Wildman–Crippen MR) is 110 cm³/mol. The van der Waals surface area contributed by atoms with Gasteiger partial charge in [-0.1, -0.05) is 0 Å². The van der Waals surface area contributed by atoms with E-state index in [0.717, 1.165) is 22.4 Å². The average molecular weight is 422 g/mol.